The number of hydrogen-bond acceptors (Lipinski definition) is 3. The average Bonchev–Trinajstić information content (AvgIpc) is 2.40. The second-order valence-electron chi connectivity index (χ2n) is 4.95. The van der Waals surface area contributed by atoms with Crippen molar-refractivity contribution in [3.05, 3.63) is 29.6 Å². The topological polar surface area (TPSA) is 54.0 Å². The van der Waals surface area contributed by atoms with Crippen LogP contribution in [0.1, 0.15) is 41.7 Å². The molecule has 1 aromatic heterocycles. The first-order valence-corrected chi connectivity index (χ1v) is 6.60. The van der Waals surface area contributed by atoms with Gasteiger partial charge < -0.3 is 10.6 Å². The van der Waals surface area contributed by atoms with Crippen molar-refractivity contribution in [1.29, 1.82) is 0 Å². The minimum Gasteiger partial charge on any atom is -0.349 e. The highest BCUT2D eigenvalue weighted by Crippen LogP contribution is 2.18. The molecule has 0 saturated heterocycles. The van der Waals surface area contributed by atoms with Crippen molar-refractivity contribution in [3.63, 3.8) is 0 Å². The fraction of sp³-hybridized carbons (Fsp3) is 0.571. The van der Waals surface area contributed by atoms with E-state index in [2.05, 4.69) is 15.6 Å². The Morgan fingerprint density at radius 2 is 1.94 bits per heavy atom. The molecule has 4 heteroatoms. The number of nitrogens with zero attached hydrogens (tertiary/aromatic N) is 1. The molecule has 1 saturated carbocycles. The lowest BCUT2D eigenvalue weighted by Crippen LogP contribution is -2.41. The van der Waals surface area contributed by atoms with Crippen molar-refractivity contribution in [2.24, 2.45) is 0 Å². The predicted octanol–water partition coefficient (Wildman–Crippen LogP) is 1.65. The molecule has 18 heavy (non-hydrogen) atoms. The Balaban J connectivity index is 1.91. The van der Waals surface area contributed by atoms with Crippen molar-refractivity contribution < 1.29 is 4.79 Å². The van der Waals surface area contributed by atoms with E-state index in [1.54, 1.807) is 12.3 Å². The van der Waals surface area contributed by atoms with Gasteiger partial charge in [-0.05, 0) is 51.8 Å². The molecular formula is C14H21N3O. The van der Waals surface area contributed by atoms with E-state index in [-0.39, 0.29) is 5.91 Å². The molecule has 0 atom stereocenters. The summed E-state index contributed by atoms with van der Waals surface area (Å²) in [5, 5.41) is 6.41. The summed E-state index contributed by atoms with van der Waals surface area (Å²) < 4.78 is 0. The normalized spacial score (nSPS) is 23.7. The zero-order valence-electron chi connectivity index (χ0n) is 11.1. The van der Waals surface area contributed by atoms with Crippen LogP contribution in [0.5, 0.6) is 0 Å². The Hall–Kier alpha value is -1.42. The average molecular weight is 247 g/mol. The first-order chi connectivity index (χ1) is 8.70. The van der Waals surface area contributed by atoms with Gasteiger partial charge in [0.15, 0.2) is 0 Å². The third kappa shape index (κ3) is 3.07. The molecule has 0 unspecified atom stereocenters. The molecule has 2 rings (SSSR count). The van der Waals surface area contributed by atoms with Gasteiger partial charge >= 0.3 is 0 Å². The summed E-state index contributed by atoms with van der Waals surface area (Å²) >= 11 is 0. The Bertz CT molecular complexity index is 411. The summed E-state index contributed by atoms with van der Waals surface area (Å²) in [4.78, 5) is 16.3. The standard InChI is InChI=1S/C14H21N3O/c1-10-13(4-3-9-16-10)14(18)17-12-7-5-11(15-2)6-8-12/h3-4,9,11-12,15H,5-8H2,1-2H3,(H,17,18). The second kappa shape index (κ2) is 5.96. The highest BCUT2D eigenvalue weighted by atomic mass is 16.1. The zero-order valence-corrected chi connectivity index (χ0v) is 11.1. The maximum absolute atomic E-state index is 12.1. The van der Waals surface area contributed by atoms with E-state index in [4.69, 9.17) is 0 Å². The van der Waals surface area contributed by atoms with E-state index in [1.807, 2.05) is 20.0 Å². The zero-order chi connectivity index (χ0) is 13.0. The molecule has 4 nitrogen and oxygen atoms in total. The molecular weight excluding hydrogens is 226 g/mol. The van der Waals surface area contributed by atoms with Crippen LogP contribution in [0.3, 0.4) is 0 Å². The molecule has 0 bridgehead atoms. The van der Waals surface area contributed by atoms with E-state index >= 15 is 0 Å². The van der Waals surface area contributed by atoms with Crippen molar-refractivity contribution in [1.82, 2.24) is 15.6 Å². The number of nitrogens with one attached hydrogen (secondary N) is 2. The maximum atomic E-state index is 12.1. The summed E-state index contributed by atoms with van der Waals surface area (Å²) in [5.41, 5.74) is 1.48. The van der Waals surface area contributed by atoms with Crippen LogP contribution in [0, 0.1) is 6.92 Å². The Morgan fingerprint density at radius 1 is 1.28 bits per heavy atom. The number of carbonyl (C=O) groups excluding carboxylic acids is 1. The summed E-state index contributed by atoms with van der Waals surface area (Å²) in [7, 11) is 2.00. The quantitative estimate of drug-likeness (QED) is 0.854. The number of rotatable bonds is 3. The van der Waals surface area contributed by atoms with E-state index in [1.165, 1.54) is 0 Å². The molecule has 1 fully saturated rings. The second-order valence-corrected chi connectivity index (χ2v) is 4.95. The maximum Gasteiger partial charge on any atom is 0.253 e. The van der Waals surface area contributed by atoms with Crippen LogP contribution in [0.25, 0.3) is 0 Å². The van der Waals surface area contributed by atoms with Crippen LogP contribution in [-0.4, -0.2) is 30.0 Å². The molecule has 0 aliphatic heterocycles. The third-order valence-electron chi connectivity index (χ3n) is 3.72. The number of pyridine rings is 1. The van der Waals surface area contributed by atoms with Crippen LogP contribution in [0.2, 0.25) is 0 Å². The molecule has 1 aliphatic rings. The number of amides is 1. The van der Waals surface area contributed by atoms with E-state index in [0.717, 1.165) is 31.4 Å². The van der Waals surface area contributed by atoms with Crippen LogP contribution in [0.15, 0.2) is 18.3 Å². The lowest BCUT2D eigenvalue weighted by Gasteiger charge is -2.28. The first-order valence-electron chi connectivity index (χ1n) is 6.60. The van der Waals surface area contributed by atoms with Crippen LogP contribution < -0.4 is 10.6 Å². The van der Waals surface area contributed by atoms with E-state index in [0.29, 0.717) is 17.6 Å². The summed E-state index contributed by atoms with van der Waals surface area (Å²) in [6.45, 7) is 1.87. The smallest absolute Gasteiger partial charge is 0.253 e. The van der Waals surface area contributed by atoms with Crippen molar-refractivity contribution in [2.45, 2.75) is 44.7 Å². The predicted molar refractivity (Wildman–Crippen MR) is 71.5 cm³/mol. The lowest BCUT2D eigenvalue weighted by molar-refractivity contribution is 0.0923. The van der Waals surface area contributed by atoms with Gasteiger partial charge in [0.05, 0.1) is 5.56 Å². The van der Waals surface area contributed by atoms with Crippen molar-refractivity contribution >= 4 is 5.91 Å². The molecule has 1 amide bonds. The Labute approximate surface area is 108 Å². The van der Waals surface area contributed by atoms with E-state index in [9.17, 15) is 4.79 Å². The largest absolute Gasteiger partial charge is 0.349 e. The number of hydrogen-bond donors (Lipinski definition) is 2. The van der Waals surface area contributed by atoms with Gasteiger partial charge in [-0.25, -0.2) is 0 Å². The molecule has 1 heterocycles. The minimum atomic E-state index is 0.00788. The van der Waals surface area contributed by atoms with Gasteiger partial charge in [0.25, 0.3) is 5.91 Å². The summed E-state index contributed by atoms with van der Waals surface area (Å²) in [5.74, 6) is 0.00788. The fourth-order valence-corrected chi connectivity index (χ4v) is 2.51. The van der Waals surface area contributed by atoms with Crippen molar-refractivity contribution in [2.75, 3.05) is 7.05 Å². The Kier molecular flexibility index (Phi) is 4.31. The molecule has 0 aromatic carbocycles. The van der Waals surface area contributed by atoms with Gasteiger partial charge in [0, 0.05) is 24.0 Å². The molecule has 1 aliphatic carbocycles. The molecule has 1 aromatic rings. The highest BCUT2D eigenvalue weighted by Gasteiger charge is 2.22. The molecule has 0 spiro atoms. The number of carbonyl (C=O) groups is 1. The first kappa shape index (κ1) is 13.0. The number of aromatic nitrogens is 1. The highest BCUT2D eigenvalue weighted by molar-refractivity contribution is 5.95. The minimum absolute atomic E-state index is 0.00788. The lowest BCUT2D eigenvalue weighted by atomic mass is 9.91. The molecule has 2 N–H and O–H groups in total. The molecule has 98 valence electrons. The van der Waals surface area contributed by atoms with E-state index < -0.39 is 0 Å². The van der Waals surface area contributed by atoms with Crippen molar-refractivity contribution in [3.8, 4) is 0 Å². The Morgan fingerprint density at radius 3 is 2.56 bits per heavy atom. The summed E-state index contributed by atoms with van der Waals surface area (Å²) in [6.07, 6.45) is 6.08. The third-order valence-corrected chi connectivity index (χ3v) is 3.72. The van der Waals surface area contributed by atoms with Gasteiger partial charge in [-0.3, -0.25) is 9.78 Å². The monoisotopic (exact) mass is 247 g/mol. The van der Waals surface area contributed by atoms with Gasteiger partial charge in [0.2, 0.25) is 0 Å². The van der Waals surface area contributed by atoms with Crippen LogP contribution in [0.4, 0.5) is 0 Å². The van der Waals surface area contributed by atoms with Gasteiger partial charge in [-0.15, -0.1) is 0 Å². The molecule has 0 radical (unpaired) electrons. The van der Waals surface area contributed by atoms with Gasteiger partial charge in [-0.2, -0.15) is 0 Å². The number of aryl methyl sites for hydroxylation is 1. The van der Waals surface area contributed by atoms with Crippen LogP contribution >= 0.6 is 0 Å². The van der Waals surface area contributed by atoms with Crippen LogP contribution in [-0.2, 0) is 0 Å². The summed E-state index contributed by atoms with van der Waals surface area (Å²) in [6, 6.07) is 4.55. The fourth-order valence-electron chi connectivity index (χ4n) is 2.51. The van der Waals surface area contributed by atoms with Gasteiger partial charge in [-0.1, -0.05) is 0 Å². The van der Waals surface area contributed by atoms with Gasteiger partial charge in [0.1, 0.15) is 0 Å². The SMILES string of the molecule is CNC1CCC(NC(=O)c2cccnc2C)CC1.